The van der Waals surface area contributed by atoms with Crippen molar-refractivity contribution in [2.24, 2.45) is 0 Å². The van der Waals surface area contributed by atoms with Gasteiger partial charge in [-0.3, -0.25) is 0 Å². The Kier molecular flexibility index (Phi) is 5.49. The van der Waals surface area contributed by atoms with Crippen molar-refractivity contribution in [2.75, 3.05) is 26.2 Å². The molecule has 1 saturated heterocycles. The molecular formula is C14H24N2S. The van der Waals surface area contributed by atoms with Crippen molar-refractivity contribution >= 4 is 11.3 Å². The summed E-state index contributed by atoms with van der Waals surface area (Å²) in [7, 11) is 0. The highest BCUT2D eigenvalue weighted by Gasteiger charge is 2.14. The summed E-state index contributed by atoms with van der Waals surface area (Å²) >= 11 is 1.87. The largest absolute Gasteiger partial charge is 0.314 e. The highest BCUT2D eigenvalue weighted by Crippen LogP contribution is 2.12. The lowest BCUT2D eigenvalue weighted by atomic mass is 10.1. The fourth-order valence-corrected chi connectivity index (χ4v) is 3.24. The minimum atomic E-state index is 0.742. The first-order valence-corrected chi connectivity index (χ1v) is 7.74. The fourth-order valence-electron chi connectivity index (χ4n) is 2.53. The topological polar surface area (TPSA) is 15.3 Å². The normalized spacial score (nSPS) is 22.5. The minimum Gasteiger partial charge on any atom is -0.314 e. The number of nitrogens with one attached hydrogen (secondary N) is 1. The van der Waals surface area contributed by atoms with Crippen LogP contribution in [0.2, 0.25) is 0 Å². The van der Waals surface area contributed by atoms with Crippen LogP contribution in [0.25, 0.3) is 0 Å². The fraction of sp³-hybridized carbons (Fsp3) is 0.714. The van der Waals surface area contributed by atoms with E-state index in [0.29, 0.717) is 0 Å². The third kappa shape index (κ3) is 4.41. The van der Waals surface area contributed by atoms with Gasteiger partial charge in [0, 0.05) is 17.5 Å². The quantitative estimate of drug-likeness (QED) is 0.867. The van der Waals surface area contributed by atoms with Gasteiger partial charge in [-0.2, -0.15) is 0 Å². The zero-order valence-corrected chi connectivity index (χ0v) is 11.6. The van der Waals surface area contributed by atoms with Crippen molar-refractivity contribution in [1.82, 2.24) is 10.2 Å². The summed E-state index contributed by atoms with van der Waals surface area (Å²) in [6.45, 7) is 7.18. The summed E-state index contributed by atoms with van der Waals surface area (Å²) in [5.41, 5.74) is 0. The van der Waals surface area contributed by atoms with Gasteiger partial charge in [0.15, 0.2) is 0 Å². The molecule has 3 heteroatoms. The van der Waals surface area contributed by atoms with E-state index in [1.165, 1.54) is 50.2 Å². The Balaban J connectivity index is 1.65. The van der Waals surface area contributed by atoms with Crippen molar-refractivity contribution in [1.29, 1.82) is 0 Å². The van der Waals surface area contributed by atoms with Crippen LogP contribution in [0, 0.1) is 0 Å². The maximum atomic E-state index is 3.72. The monoisotopic (exact) mass is 252 g/mol. The molecule has 2 nitrogen and oxygen atoms in total. The van der Waals surface area contributed by atoms with E-state index >= 15 is 0 Å². The van der Waals surface area contributed by atoms with E-state index < -0.39 is 0 Å². The Morgan fingerprint density at radius 2 is 2.35 bits per heavy atom. The van der Waals surface area contributed by atoms with Gasteiger partial charge in [0.05, 0.1) is 0 Å². The number of hydrogen-bond donors (Lipinski definition) is 1. The molecule has 1 N–H and O–H groups in total. The average molecular weight is 252 g/mol. The van der Waals surface area contributed by atoms with Gasteiger partial charge in [-0.25, -0.2) is 0 Å². The van der Waals surface area contributed by atoms with Crippen molar-refractivity contribution in [3.63, 3.8) is 0 Å². The van der Waals surface area contributed by atoms with Gasteiger partial charge in [0.2, 0.25) is 0 Å². The van der Waals surface area contributed by atoms with Crippen LogP contribution >= 0.6 is 11.3 Å². The molecule has 1 unspecified atom stereocenters. The maximum Gasteiger partial charge on any atom is 0.00798 e. The van der Waals surface area contributed by atoms with Crippen LogP contribution in [0.3, 0.4) is 0 Å². The second-order valence-electron chi connectivity index (χ2n) is 4.85. The van der Waals surface area contributed by atoms with Gasteiger partial charge >= 0.3 is 0 Å². The first kappa shape index (κ1) is 13.1. The Morgan fingerprint density at radius 1 is 1.41 bits per heavy atom. The van der Waals surface area contributed by atoms with E-state index in [0.717, 1.165) is 12.6 Å². The lowest BCUT2D eigenvalue weighted by molar-refractivity contribution is 0.297. The molecule has 1 aromatic rings. The molecule has 2 heterocycles. The average Bonchev–Trinajstić information content (AvgIpc) is 2.75. The third-order valence-corrected chi connectivity index (χ3v) is 4.59. The highest BCUT2D eigenvalue weighted by molar-refractivity contribution is 7.09. The van der Waals surface area contributed by atoms with Gasteiger partial charge in [-0.15, -0.1) is 11.3 Å². The van der Waals surface area contributed by atoms with E-state index in [1.807, 2.05) is 11.3 Å². The first-order valence-electron chi connectivity index (χ1n) is 6.86. The number of likely N-dealkylation sites (tertiary alicyclic amines) is 1. The smallest absolute Gasteiger partial charge is 0.00798 e. The van der Waals surface area contributed by atoms with Crippen LogP contribution in [0.4, 0.5) is 0 Å². The van der Waals surface area contributed by atoms with E-state index in [1.54, 1.807) is 0 Å². The Labute approximate surface area is 109 Å². The van der Waals surface area contributed by atoms with E-state index in [4.69, 9.17) is 0 Å². The number of thiophene rings is 1. The molecule has 1 aromatic heterocycles. The lowest BCUT2D eigenvalue weighted by Gasteiger charge is -2.18. The molecule has 17 heavy (non-hydrogen) atoms. The summed E-state index contributed by atoms with van der Waals surface area (Å²) in [4.78, 5) is 4.07. The van der Waals surface area contributed by atoms with Gasteiger partial charge < -0.3 is 10.2 Å². The third-order valence-electron chi connectivity index (χ3n) is 3.65. The molecule has 0 spiro atoms. The van der Waals surface area contributed by atoms with Gasteiger partial charge in [-0.05, 0) is 56.8 Å². The second kappa shape index (κ2) is 7.14. The standard InChI is InChI=1S/C14H24N2S/c1-2-16-10-3-5-13(8-11-16)15-9-7-14-6-4-12-17-14/h4,6,12-13,15H,2-3,5,7-11H2,1H3. The predicted molar refractivity (Wildman–Crippen MR) is 75.8 cm³/mol. The van der Waals surface area contributed by atoms with Crippen LogP contribution in [0.1, 0.15) is 31.1 Å². The van der Waals surface area contributed by atoms with E-state index in [-0.39, 0.29) is 0 Å². The zero-order valence-electron chi connectivity index (χ0n) is 10.8. The van der Waals surface area contributed by atoms with Crippen molar-refractivity contribution in [2.45, 2.75) is 38.6 Å². The van der Waals surface area contributed by atoms with Crippen LogP contribution in [0.15, 0.2) is 17.5 Å². The van der Waals surface area contributed by atoms with E-state index in [9.17, 15) is 0 Å². The molecule has 2 rings (SSSR count). The van der Waals surface area contributed by atoms with Crippen molar-refractivity contribution < 1.29 is 0 Å². The van der Waals surface area contributed by atoms with Crippen LogP contribution < -0.4 is 5.32 Å². The summed E-state index contributed by atoms with van der Waals surface area (Å²) in [5, 5.41) is 5.89. The molecule has 0 saturated carbocycles. The summed E-state index contributed by atoms with van der Waals surface area (Å²) in [5.74, 6) is 0. The number of rotatable bonds is 5. The SMILES string of the molecule is CCN1CCCC(NCCc2cccs2)CC1. The highest BCUT2D eigenvalue weighted by atomic mass is 32.1. The zero-order chi connectivity index (χ0) is 11.9. The Bertz CT molecular complexity index is 297. The second-order valence-corrected chi connectivity index (χ2v) is 5.88. The molecular weight excluding hydrogens is 228 g/mol. The van der Waals surface area contributed by atoms with Crippen molar-refractivity contribution in [3.8, 4) is 0 Å². The minimum absolute atomic E-state index is 0.742. The molecule has 0 amide bonds. The summed E-state index contributed by atoms with van der Waals surface area (Å²) < 4.78 is 0. The van der Waals surface area contributed by atoms with Gasteiger partial charge in [0.25, 0.3) is 0 Å². The van der Waals surface area contributed by atoms with Crippen LogP contribution in [0.5, 0.6) is 0 Å². The Morgan fingerprint density at radius 3 is 3.12 bits per heavy atom. The molecule has 1 aliphatic heterocycles. The number of hydrogen-bond acceptors (Lipinski definition) is 3. The van der Waals surface area contributed by atoms with Crippen LogP contribution in [-0.2, 0) is 6.42 Å². The maximum absolute atomic E-state index is 3.72. The molecule has 96 valence electrons. The molecule has 0 bridgehead atoms. The van der Waals surface area contributed by atoms with Crippen molar-refractivity contribution in [3.05, 3.63) is 22.4 Å². The molecule has 1 atom stereocenters. The van der Waals surface area contributed by atoms with Crippen LogP contribution in [-0.4, -0.2) is 37.1 Å². The summed E-state index contributed by atoms with van der Waals surface area (Å²) in [6, 6.07) is 5.12. The Hall–Kier alpha value is -0.380. The van der Waals surface area contributed by atoms with Gasteiger partial charge in [-0.1, -0.05) is 13.0 Å². The molecule has 1 fully saturated rings. The molecule has 0 radical (unpaired) electrons. The first-order chi connectivity index (χ1) is 8.38. The number of nitrogens with zero attached hydrogens (tertiary/aromatic N) is 1. The molecule has 1 aliphatic rings. The lowest BCUT2D eigenvalue weighted by Crippen LogP contribution is -2.32. The molecule has 0 aliphatic carbocycles. The predicted octanol–water partition coefficient (Wildman–Crippen LogP) is 2.75. The molecule has 0 aromatic carbocycles. The van der Waals surface area contributed by atoms with Gasteiger partial charge in [0.1, 0.15) is 0 Å². The summed E-state index contributed by atoms with van der Waals surface area (Å²) in [6.07, 6.45) is 5.20. The van der Waals surface area contributed by atoms with E-state index in [2.05, 4.69) is 34.7 Å².